The Morgan fingerprint density at radius 2 is 1.89 bits per heavy atom. The molecule has 19 heavy (non-hydrogen) atoms. The van der Waals surface area contributed by atoms with E-state index in [0.717, 1.165) is 23.1 Å². The molecule has 1 aromatic rings. The van der Waals surface area contributed by atoms with Gasteiger partial charge in [0.05, 0.1) is 7.11 Å². The van der Waals surface area contributed by atoms with Crippen LogP contribution in [0, 0.1) is 0 Å². The van der Waals surface area contributed by atoms with Gasteiger partial charge in [-0.05, 0) is 37.3 Å². The summed E-state index contributed by atoms with van der Waals surface area (Å²) in [6, 6.07) is 4.51. The van der Waals surface area contributed by atoms with E-state index in [-0.39, 0.29) is 16.9 Å². The van der Waals surface area contributed by atoms with Gasteiger partial charge in [-0.3, -0.25) is 0 Å². The second-order valence-electron chi connectivity index (χ2n) is 6.73. The van der Waals surface area contributed by atoms with Crippen LogP contribution in [0.2, 0.25) is 0 Å². The van der Waals surface area contributed by atoms with Gasteiger partial charge in [-0.2, -0.15) is 0 Å². The fourth-order valence-electron chi connectivity index (χ4n) is 2.85. The summed E-state index contributed by atoms with van der Waals surface area (Å²) in [6.45, 7) is 8.75. The molecule has 0 amide bonds. The molecule has 3 heteroatoms. The molecule has 1 fully saturated rings. The maximum Gasteiger partial charge on any atom is 0.126 e. The van der Waals surface area contributed by atoms with E-state index < -0.39 is 0 Å². The van der Waals surface area contributed by atoms with Crippen LogP contribution in [-0.2, 0) is 10.8 Å². The predicted molar refractivity (Wildman–Crippen MR) is 84.0 cm³/mol. The van der Waals surface area contributed by atoms with Crippen molar-refractivity contribution in [1.29, 1.82) is 0 Å². The smallest absolute Gasteiger partial charge is 0.126 e. The minimum atomic E-state index is 0.0534. The third kappa shape index (κ3) is 2.55. The molecule has 2 rings (SSSR count). The van der Waals surface area contributed by atoms with Crippen LogP contribution in [0.15, 0.2) is 16.6 Å². The molecule has 1 aromatic carbocycles. The molecule has 0 heterocycles. The van der Waals surface area contributed by atoms with Crippen molar-refractivity contribution in [3.05, 3.63) is 27.7 Å². The van der Waals surface area contributed by atoms with E-state index in [9.17, 15) is 0 Å². The lowest BCUT2D eigenvalue weighted by Crippen LogP contribution is -2.32. The van der Waals surface area contributed by atoms with E-state index in [2.05, 4.69) is 55.8 Å². The maximum absolute atomic E-state index is 6.23. The zero-order valence-corrected chi connectivity index (χ0v) is 14.1. The van der Waals surface area contributed by atoms with Crippen LogP contribution < -0.4 is 10.5 Å². The fraction of sp³-hybridized carbons (Fsp3) is 0.625. The molecule has 0 spiro atoms. The Bertz CT molecular complexity index is 484. The summed E-state index contributed by atoms with van der Waals surface area (Å²) < 4.78 is 6.87. The summed E-state index contributed by atoms with van der Waals surface area (Å²) >= 11 is 3.64. The Kier molecular flexibility index (Phi) is 3.74. The molecule has 2 N–H and O–H groups in total. The minimum absolute atomic E-state index is 0.0534. The van der Waals surface area contributed by atoms with Crippen molar-refractivity contribution in [2.45, 2.75) is 57.4 Å². The van der Waals surface area contributed by atoms with Crippen molar-refractivity contribution in [3.8, 4) is 5.75 Å². The topological polar surface area (TPSA) is 35.2 Å². The number of rotatable bonds is 3. The lowest BCUT2D eigenvalue weighted by Gasteiger charge is -2.29. The number of halogens is 1. The molecule has 1 aliphatic rings. The van der Waals surface area contributed by atoms with Crippen molar-refractivity contribution in [1.82, 2.24) is 0 Å². The Balaban J connectivity index is 2.65. The normalized spacial score (nSPS) is 19.1. The van der Waals surface area contributed by atoms with E-state index in [1.807, 2.05) is 0 Å². The summed E-state index contributed by atoms with van der Waals surface area (Å²) in [5, 5.41) is 0. The molecular formula is C16H24BrNO. The molecule has 106 valence electrons. The third-order valence-corrected chi connectivity index (χ3v) is 4.72. The minimum Gasteiger partial charge on any atom is -0.496 e. The molecule has 1 atom stereocenters. The largest absolute Gasteiger partial charge is 0.496 e. The van der Waals surface area contributed by atoms with Crippen LogP contribution >= 0.6 is 15.9 Å². The number of methoxy groups -OCH3 is 1. The van der Waals surface area contributed by atoms with Gasteiger partial charge in [-0.25, -0.2) is 0 Å². The predicted octanol–water partition coefficient (Wildman–Crippen LogP) is 4.13. The monoisotopic (exact) mass is 325 g/mol. The van der Waals surface area contributed by atoms with Gasteiger partial charge < -0.3 is 10.5 Å². The van der Waals surface area contributed by atoms with Gasteiger partial charge in [0, 0.05) is 27.1 Å². The molecule has 0 aromatic heterocycles. The summed E-state index contributed by atoms with van der Waals surface area (Å²) in [7, 11) is 1.76. The molecule has 1 saturated carbocycles. The first kappa shape index (κ1) is 14.9. The zero-order chi connectivity index (χ0) is 14.4. The average Bonchev–Trinajstić information content (AvgIpc) is 3.07. The highest BCUT2D eigenvalue weighted by atomic mass is 79.9. The second-order valence-corrected chi connectivity index (χ2v) is 7.64. The lowest BCUT2D eigenvalue weighted by molar-refractivity contribution is 0.382. The Hall–Kier alpha value is -0.540. The molecule has 0 bridgehead atoms. The molecule has 0 radical (unpaired) electrons. The van der Waals surface area contributed by atoms with Gasteiger partial charge in [-0.15, -0.1) is 0 Å². The Morgan fingerprint density at radius 1 is 1.32 bits per heavy atom. The maximum atomic E-state index is 6.23. The van der Waals surface area contributed by atoms with E-state index in [1.165, 1.54) is 11.1 Å². The first-order valence-electron chi connectivity index (χ1n) is 6.86. The van der Waals surface area contributed by atoms with E-state index in [1.54, 1.807) is 7.11 Å². The first-order chi connectivity index (χ1) is 8.72. The van der Waals surface area contributed by atoms with Crippen LogP contribution in [-0.4, -0.2) is 13.2 Å². The molecule has 2 nitrogen and oxygen atoms in total. The number of hydrogen-bond acceptors (Lipinski definition) is 2. The summed E-state index contributed by atoms with van der Waals surface area (Å²) in [5.74, 6) is 1.02. The first-order valence-corrected chi connectivity index (χ1v) is 7.66. The number of hydrogen-bond donors (Lipinski definition) is 1. The lowest BCUT2D eigenvalue weighted by atomic mass is 9.81. The second kappa shape index (κ2) is 4.78. The van der Waals surface area contributed by atoms with E-state index in [4.69, 9.17) is 10.5 Å². The van der Waals surface area contributed by atoms with Crippen LogP contribution in [0.25, 0.3) is 0 Å². The summed E-state index contributed by atoms with van der Waals surface area (Å²) in [6.07, 6.45) is 2.31. The van der Waals surface area contributed by atoms with Gasteiger partial charge in [0.2, 0.25) is 0 Å². The molecule has 1 aliphatic carbocycles. The zero-order valence-electron chi connectivity index (χ0n) is 12.5. The van der Waals surface area contributed by atoms with Crippen LogP contribution in [0.3, 0.4) is 0 Å². The number of benzene rings is 1. The van der Waals surface area contributed by atoms with Crippen molar-refractivity contribution >= 4 is 15.9 Å². The van der Waals surface area contributed by atoms with Crippen LogP contribution in [0.5, 0.6) is 5.75 Å². The molecule has 0 saturated heterocycles. The SMILES string of the molecule is COc1c(C(C)(C)C)cc(Br)cc1C1(C(C)N)CC1. The van der Waals surface area contributed by atoms with Crippen LogP contribution in [0.1, 0.15) is 51.7 Å². The number of ether oxygens (including phenoxy) is 1. The highest BCUT2D eigenvalue weighted by Crippen LogP contribution is 2.55. The summed E-state index contributed by atoms with van der Waals surface area (Å²) in [4.78, 5) is 0. The van der Waals surface area contributed by atoms with Crippen molar-refractivity contribution in [2.75, 3.05) is 7.11 Å². The summed E-state index contributed by atoms with van der Waals surface area (Å²) in [5.41, 5.74) is 8.90. The van der Waals surface area contributed by atoms with E-state index >= 15 is 0 Å². The molecule has 1 unspecified atom stereocenters. The molecule has 0 aliphatic heterocycles. The standard InChI is InChI=1S/C16H24BrNO/c1-10(18)16(6-7-16)13-9-11(17)8-12(14(13)19-5)15(2,3)4/h8-10H,6-7,18H2,1-5H3. The fourth-order valence-corrected chi connectivity index (χ4v) is 3.30. The van der Waals surface area contributed by atoms with Gasteiger partial charge in [0.1, 0.15) is 5.75 Å². The average molecular weight is 326 g/mol. The van der Waals surface area contributed by atoms with Crippen molar-refractivity contribution < 1.29 is 4.74 Å². The van der Waals surface area contributed by atoms with E-state index in [0.29, 0.717) is 0 Å². The molecular weight excluding hydrogens is 302 g/mol. The van der Waals surface area contributed by atoms with Crippen molar-refractivity contribution in [2.24, 2.45) is 5.73 Å². The Labute approximate surface area is 124 Å². The Morgan fingerprint density at radius 3 is 2.26 bits per heavy atom. The van der Waals surface area contributed by atoms with Crippen LogP contribution in [0.4, 0.5) is 0 Å². The van der Waals surface area contributed by atoms with Gasteiger partial charge >= 0.3 is 0 Å². The van der Waals surface area contributed by atoms with Gasteiger partial charge in [0.15, 0.2) is 0 Å². The quantitative estimate of drug-likeness (QED) is 0.906. The highest BCUT2D eigenvalue weighted by Gasteiger charge is 2.49. The highest BCUT2D eigenvalue weighted by molar-refractivity contribution is 9.10. The number of nitrogens with two attached hydrogens (primary N) is 1. The third-order valence-electron chi connectivity index (χ3n) is 4.26. The van der Waals surface area contributed by atoms with Crippen molar-refractivity contribution in [3.63, 3.8) is 0 Å². The van der Waals surface area contributed by atoms with Gasteiger partial charge in [0.25, 0.3) is 0 Å². The van der Waals surface area contributed by atoms with Gasteiger partial charge in [-0.1, -0.05) is 36.7 Å².